The lowest BCUT2D eigenvalue weighted by molar-refractivity contribution is 0.173. The number of hydrogen-bond acceptors (Lipinski definition) is 4. The number of nitrogens with one attached hydrogen (secondary N) is 1. The van der Waals surface area contributed by atoms with Gasteiger partial charge in [0.25, 0.3) is 0 Å². The predicted molar refractivity (Wildman–Crippen MR) is 79.9 cm³/mol. The highest BCUT2D eigenvalue weighted by Gasteiger charge is 2.38. The smallest absolute Gasteiger partial charge is 0.101 e. The highest BCUT2D eigenvalue weighted by atomic mass is 35.5. The third-order valence-corrected chi connectivity index (χ3v) is 5.49. The minimum absolute atomic E-state index is 0.442. The zero-order valence-corrected chi connectivity index (χ0v) is 12.8. The fourth-order valence-electron chi connectivity index (χ4n) is 3.01. The van der Waals surface area contributed by atoms with E-state index in [2.05, 4.69) is 17.1 Å². The second kappa shape index (κ2) is 5.70. The van der Waals surface area contributed by atoms with Crippen molar-refractivity contribution in [3.8, 4) is 0 Å². The van der Waals surface area contributed by atoms with Gasteiger partial charge in [-0.25, -0.2) is 0 Å². The second-order valence-electron chi connectivity index (χ2n) is 5.78. The summed E-state index contributed by atoms with van der Waals surface area (Å²) in [5.74, 6) is 0. The summed E-state index contributed by atoms with van der Waals surface area (Å²) in [6.45, 7) is 4.06. The van der Waals surface area contributed by atoms with Gasteiger partial charge >= 0.3 is 0 Å². The van der Waals surface area contributed by atoms with Crippen molar-refractivity contribution in [3.05, 3.63) is 21.3 Å². The summed E-state index contributed by atoms with van der Waals surface area (Å²) in [5, 5.41) is 13.6. The Morgan fingerprint density at radius 3 is 2.95 bits per heavy atom. The van der Waals surface area contributed by atoms with Crippen molar-refractivity contribution in [2.24, 2.45) is 0 Å². The number of aliphatic hydroxyl groups excluding tert-OH is 1. The van der Waals surface area contributed by atoms with Crippen molar-refractivity contribution < 1.29 is 5.11 Å². The maximum Gasteiger partial charge on any atom is 0.101 e. The maximum atomic E-state index is 10.1. The Morgan fingerprint density at radius 1 is 1.53 bits per heavy atom. The van der Waals surface area contributed by atoms with Gasteiger partial charge in [-0.1, -0.05) is 11.6 Å². The van der Waals surface area contributed by atoms with Gasteiger partial charge in [-0.15, -0.1) is 11.3 Å². The number of likely N-dealkylation sites (tertiary alicyclic amines) is 1. The Hall–Kier alpha value is -0.130. The van der Waals surface area contributed by atoms with Crippen LogP contribution >= 0.6 is 22.9 Å². The van der Waals surface area contributed by atoms with Crippen molar-refractivity contribution in [1.82, 2.24) is 10.2 Å². The molecule has 3 unspecified atom stereocenters. The first-order valence-corrected chi connectivity index (χ1v) is 8.25. The molecule has 0 bridgehead atoms. The van der Waals surface area contributed by atoms with E-state index in [1.54, 1.807) is 0 Å². The third-order valence-electron chi connectivity index (χ3n) is 4.16. The van der Waals surface area contributed by atoms with E-state index in [0.29, 0.717) is 18.6 Å². The molecule has 0 aromatic carbocycles. The molecular weight excluding hydrogens is 280 g/mol. The van der Waals surface area contributed by atoms with E-state index >= 15 is 0 Å². The molecule has 2 N–H and O–H groups in total. The molecule has 2 aliphatic rings. The van der Waals surface area contributed by atoms with Gasteiger partial charge in [-0.05, 0) is 38.3 Å². The minimum atomic E-state index is -0.442. The Morgan fingerprint density at radius 2 is 2.32 bits per heavy atom. The molecule has 3 rings (SSSR count). The Balaban J connectivity index is 1.47. The zero-order valence-electron chi connectivity index (χ0n) is 11.2. The number of hydrogen-bond donors (Lipinski definition) is 2. The minimum Gasteiger partial charge on any atom is -0.386 e. The van der Waals surface area contributed by atoms with E-state index in [0.717, 1.165) is 21.8 Å². The van der Waals surface area contributed by atoms with Crippen LogP contribution in [0.25, 0.3) is 0 Å². The van der Waals surface area contributed by atoms with E-state index < -0.39 is 6.10 Å². The fraction of sp³-hybridized carbons (Fsp3) is 0.714. The molecule has 19 heavy (non-hydrogen) atoms. The van der Waals surface area contributed by atoms with Gasteiger partial charge in [-0.3, -0.25) is 4.90 Å². The molecular formula is C14H21ClN2OS. The van der Waals surface area contributed by atoms with Gasteiger partial charge in [0.15, 0.2) is 0 Å². The number of halogens is 1. The molecule has 2 fully saturated rings. The molecule has 1 aromatic heterocycles. The van der Waals surface area contributed by atoms with Crippen LogP contribution in [0.2, 0.25) is 4.34 Å². The van der Waals surface area contributed by atoms with Gasteiger partial charge in [0.1, 0.15) is 6.10 Å². The van der Waals surface area contributed by atoms with Crippen LogP contribution in [0.4, 0.5) is 0 Å². The van der Waals surface area contributed by atoms with E-state index in [1.165, 1.54) is 30.6 Å². The number of nitrogens with zero attached hydrogens (tertiary/aromatic N) is 1. The van der Waals surface area contributed by atoms with Crippen LogP contribution in [-0.4, -0.2) is 41.2 Å². The monoisotopic (exact) mass is 300 g/mol. The molecule has 0 radical (unpaired) electrons. The first kappa shape index (κ1) is 13.8. The van der Waals surface area contributed by atoms with Gasteiger partial charge in [0.05, 0.1) is 4.34 Å². The van der Waals surface area contributed by atoms with Crippen LogP contribution in [0, 0.1) is 0 Å². The third kappa shape index (κ3) is 3.31. The maximum absolute atomic E-state index is 10.1. The molecule has 1 aliphatic carbocycles. The van der Waals surface area contributed by atoms with Crippen molar-refractivity contribution in [1.29, 1.82) is 0 Å². The van der Waals surface area contributed by atoms with E-state index in [9.17, 15) is 5.11 Å². The molecule has 1 aromatic rings. The van der Waals surface area contributed by atoms with Crippen molar-refractivity contribution in [2.75, 3.05) is 13.1 Å². The summed E-state index contributed by atoms with van der Waals surface area (Å²) < 4.78 is 0.739. The van der Waals surface area contributed by atoms with Crippen molar-refractivity contribution >= 4 is 22.9 Å². The molecule has 2 heterocycles. The summed E-state index contributed by atoms with van der Waals surface area (Å²) in [6.07, 6.45) is 3.48. The first-order valence-electron chi connectivity index (χ1n) is 7.06. The standard InChI is InChI=1S/C14H21ClN2OS/c1-9-6-10(8-17(9)11-2-3-11)16-7-12(18)13-4-5-14(15)19-13/h4-5,9-12,16,18H,2-3,6-8H2,1H3. The lowest BCUT2D eigenvalue weighted by atomic mass is 10.2. The molecule has 1 saturated carbocycles. The fourth-order valence-corrected chi connectivity index (χ4v) is 4.05. The second-order valence-corrected chi connectivity index (χ2v) is 7.52. The molecule has 0 amide bonds. The summed E-state index contributed by atoms with van der Waals surface area (Å²) in [7, 11) is 0. The van der Waals surface area contributed by atoms with Crippen LogP contribution in [0.3, 0.4) is 0 Å². The number of rotatable bonds is 5. The number of thiophene rings is 1. The van der Waals surface area contributed by atoms with Gasteiger partial charge < -0.3 is 10.4 Å². The quantitative estimate of drug-likeness (QED) is 0.877. The highest BCUT2D eigenvalue weighted by Crippen LogP contribution is 2.33. The SMILES string of the molecule is CC1CC(NCC(O)c2ccc(Cl)s2)CN1C1CC1. The van der Waals surface area contributed by atoms with Crippen LogP contribution < -0.4 is 5.32 Å². The van der Waals surface area contributed by atoms with Crippen LogP contribution in [0.1, 0.15) is 37.2 Å². The Labute approximate surface area is 123 Å². The topological polar surface area (TPSA) is 35.5 Å². The molecule has 3 nitrogen and oxygen atoms in total. The molecule has 1 saturated heterocycles. The molecule has 3 atom stereocenters. The van der Waals surface area contributed by atoms with Gasteiger partial charge in [0, 0.05) is 36.1 Å². The summed E-state index contributed by atoms with van der Waals surface area (Å²) >= 11 is 7.35. The molecule has 5 heteroatoms. The summed E-state index contributed by atoms with van der Waals surface area (Å²) in [4.78, 5) is 3.56. The first-order chi connectivity index (χ1) is 9.13. The zero-order chi connectivity index (χ0) is 13.4. The molecule has 1 aliphatic heterocycles. The van der Waals surface area contributed by atoms with Crippen LogP contribution in [0.15, 0.2) is 12.1 Å². The predicted octanol–water partition coefficient (Wildman–Crippen LogP) is 2.65. The Bertz CT molecular complexity index is 435. The van der Waals surface area contributed by atoms with Gasteiger partial charge in [-0.2, -0.15) is 0 Å². The molecule has 0 spiro atoms. The molecule has 106 valence electrons. The van der Waals surface area contributed by atoms with Crippen LogP contribution in [-0.2, 0) is 0 Å². The average Bonchev–Trinajstić information content (AvgIpc) is 3.03. The van der Waals surface area contributed by atoms with Crippen molar-refractivity contribution in [2.45, 2.75) is 50.4 Å². The number of aliphatic hydroxyl groups is 1. The van der Waals surface area contributed by atoms with Crippen LogP contribution in [0.5, 0.6) is 0 Å². The summed E-state index contributed by atoms with van der Waals surface area (Å²) in [5.41, 5.74) is 0. The average molecular weight is 301 g/mol. The highest BCUT2D eigenvalue weighted by molar-refractivity contribution is 7.16. The lowest BCUT2D eigenvalue weighted by Crippen LogP contribution is -2.36. The van der Waals surface area contributed by atoms with Crippen molar-refractivity contribution in [3.63, 3.8) is 0 Å². The van der Waals surface area contributed by atoms with Gasteiger partial charge in [0.2, 0.25) is 0 Å². The van der Waals surface area contributed by atoms with E-state index in [4.69, 9.17) is 11.6 Å². The normalized spacial score (nSPS) is 29.8. The largest absolute Gasteiger partial charge is 0.386 e. The van der Waals surface area contributed by atoms with E-state index in [-0.39, 0.29) is 0 Å². The summed E-state index contributed by atoms with van der Waals surface area (Å²) in [6, 6.07) is 5.78. The Kier molecular flexibility index (Phi) is 4.15. The lowest BCUT2D eigenvalue weighted by Gasteiger charge is -2.20. The van der Waals surface area contributed by atoms with E-state index in [1.807, 2.05) is 12.1 Å².